The molecule has 0 aliphatic heterocycles. The van der Waals surface area contributed by atoms with Crippen LogP contribution in [0.15, 0.2) is 18.5 Å². The Morgan fingerprint density at radius 1 is 1.50 bits per heavy atom. The van der Waals surface area contributed by atoms with Crippen molar-refractivity contribution in [3.8, 4) is 0 Å². The molecule has 1 heterocycles. The first kappa shape index (κ1) is 11.5. The summed E-state index contributed by atoms with van der Waals surface area (Å²) in [6.45, 7) is 6.02. The van der Waals surface area contributed by atoms with Crippen LogP contribution in [0.1, 0.15) is 26.3 Å². The van der Waals surface area contributed by atoms with E-state index in [0.717, 1.165) is 5.56 Å². The minimum atomic E-state index is -0.387. The highest BCUT2D eigenvalue weighted by molar-refractivity contribution is 6.31. The molecule has 1 rings (SSSR count). The SMILES string of the molecule is CC(C)(C)C(O)Cc1ccncc1Cl. The van der Waals surface area contributed by atoms with Gasteiger partial charge >= 0.3 is 0 Å². The van der Waals surface area contributed by atoms with Crippen molar-refractivity contribution >= 4 is 11.6 Å². The maximum atomic E-state index is 9.88. The van der Waals surface area contributed by atoms with Crippen molar-refractivity contribution in [2.24, 2.45) is 5.41 Å². The van der Waals surface area contributed by atoms with Crippen molar-refractivity contribution in [1.29, 1.82) is 0 Å². The zero-order valence-electron chi connectivity index (χ0n) is 8.79. The summed E-state index contributed by atoms with van der Waals surface area (Å²) in [6, 6.07) is 1.84. The first-order valence-electron chi connectivity index (χ1n) is 4.67. The van der Waals surface area contributed by atoms with Crippen LogP contribution in [-0.4, -0.2) is 16.2 Å². The topological polar surface area (TPSA) is 33.1 Å². The standard InChI is InChI=1S/C11H16ClNO/c1-11(2,3)10(14)6-8-4-5-13-7-9(8)12/h4-5,7,10,14H,6H2,1-3H3. The highest BCUT2D eigenvalue weighted by atomic mass is 35.5. The molecule has 1 N–H and O–H groups in total. The molecule has 0 aliphatic rings. The van der Waals surface area contributed by atoms with E-state index in [2.05, 4.69) is 4.98 Å². The van der Waals surface area contributed by atoms with Gasteiger partial charge in [0.05, 0.1) is 11.1 Å². The number of hydrogen-bond acceptors (Lipinski definition) is 2. The molecule has 78 valence electrons. The molecule has 0 spiro atoms. The molecule has 1 atom stereocenters. The minimum Gasteiger partial charge on any atom is -0.392 e. The van der Waals surface area contributed by atoms with Gasteiger partial charge in [-0.1, -0.05) is 32.4 Å². The predicted octanol–water partition coefficient (Wildman–Crippen LogP) is 2.68. The molecule has 0 fully saturated rings. The average Bonchev–Trinajstić information content (AvgIpc) is 2.07. The first-order chi connectivity index (χ1) is 6.41. The lowest BCUT2D eigenvalue weighted by Gasteiger charge is -2.26. The molecule has 0 amide bonds. The van der Waals surface area contributed by atoms with Crippen molar-refractivity contribution in [2.75, 3.05) is 0 Å². The lowest BCUT2D eigenvalue weighted by molar-refractivity contribution is 0.0636. The molecular weight excluding hydrogens is 198 g/mol. The number of aromatic nitrogens is 1. The Bertz CT molecular complexity index is 306. The van der Waals surface area contributed by atoms with Gasteiger partial charge in [-0.3, -0.25) is 4.98 Å². The lowest BCUT2D eigenvalue weighted by Crippen LogP contribution is -2.28. The van der Waals surface area contributed by atoms with E-state index in [1.165, 1.54) is 0 Å². The van der Waals surface area contributed by atoms with Gasteiger partial charge in [0, 0.05) is 18.8 Å². The third-order valence-electron chi connectivity index (χ3n) is 2.27. The van der Waals surface area contributed by atoms with E-state index >= 15 is 0 Å². The summed E-state index contributed by atoms with van der Waals surface area (Å²) < 4.78 is 0. The van der Waals surface area contributed by atoms with Gasteiger partial charge in [-0.05, 0) is 17.0 Å². The van der Waals surface area contributed by atoms with Crippen LogP contribution in [0, 0.1) is 5.41 Å². The zero-order chi connectivity index (χ0) is 10.8. The lowest BCUT2D eigenvalue weighted by atomic mass is 9.85. The van der Waals surface area contributed by atoms with Crippen molar-refractivity contribution < 1.29 is 5.11 Å². The fourth-order valence-electron chi connectivity index (χ4n) is 1.08. The smallest absolute Gasteiger partial charge is 0.0629 e. The maximum Gasteiger partial charge on any atom is 0.0629 e. The number of rotatable bonds is 2. The van der Waals surface area contributed by atoms with Crippen molar-refractivity contribution in [2.45, 2.75) is 33.3 Å². The number of halogens is 1. The van der Waals surface area contributed by atoms with Gasteiger partial charge in [-0.15, -0.1) is 0 Å². The summed E-state index contributed by atoms with van der Waals surface area (Å²) in [6.07, 6.45) is 3.48. The Morgan fingerprint density at radius 3 is 2.64 bits per heavy atom. The number of aliphatic hydroxyl groups is 1. The Balaban J connectivity index is 2.75. The third-order valence-corrected chi connectivity index (χ3v) is 2.61. The summed E-state index contributed by atoms with van der Waals surface area (Å²) in [5.41, 5.74) is 0.830. The molecule has 0 aliphatic carbocycles. The Labute approximate surface area is 89.9 Å². The normalized spacial score (nSPS) is 14.1. The van der Waals surface area contributed by atoms with Crippen LogP contribution in [0.4, 0.5) is 0 Å². The largest absolute Gasteiger partial charge is 0.392 e. The second kappa shape index (κ2) is 4.28. The molecule has 2 nitrogen and oxygen atoms in total. The third kappa shape index (κ3) is 2.96. The fraction of sp³-hybridized carbons (Fsp3) is 0.545. The second-order valence-corrected chi connectivity index (χ2v) is 4.96. The number of hydrogen-bond donors (Lipinski definition) is 1. The monoisotopic (exact) mass is 213 g/mol. The van der Waals surface area contributed by atoms with Gasteiger partial charge in [0.15, 0.2) is 0 Å². The van der Waals surface area contributed by atoms with E-state index in [1.807, 2.05) is 26.8 Å². The summed E-state index contributed by atoms with van der Waals surface area (Å²) in [7, 11) is 0. The van der Waals surface area contributed by atoms with E-state index in [9.17, 15) is 5.11 Å². The summed E-state index contributed by atoms with van der Waals surface area (Å²) in [5, 5.41) is 10.5. The van der Waals surface area contributed by atoms with Crippen molar-refractivity contribution in [1.82, 2.24) is 4.98 Å². The quantitative estimate of drug-likeness (QED) is 0.820. The summed E-state index contributed by atoms with van der Waals surface area (Å²) >= 11 is 5.94. The highest BCUT2D eigenvalue weighted by Gasteiger charge is 2.22. The molecular formula is C11H16ClNO. The van der Waals surface area contributed by atoms with Crippen LogP contribution in [0.2, 0.25) is 5.02 Å². The van der Waals surface area contributed by atoms with E-state index < -0.39 is 0 Å². The van der Waals surface area contributed by atoms with Crippen molar-refractivity contribution in [3.63, 3.8) is 0 Å². The van der Waals surface area contributed by atoms with Gasteiger partial charge in [-0.25, -0.2) is 0 Å². The van der Waals surface area contributed by atoms with Crippen molar-refractivity contribution in [3.05, 3.63) is 29.0 Å². The molecule has 14 heavy (non-hydrogen) atoms. The molecule has 1 unspecified atom stereocenters. The number of aliphatic hydroxyl groups excluding tert-OH is 1. The molecule has 0 saturated heterocycles. The van der Waals surface area contributed by atoms with Gasteiger partial charge < -0.3 is 5.11 Å². The Kier molecular flexibility index (Phi) is 3.51. The number of nitrogens with zero attached hydrogens (tertiary/aromatic N) is 1. The first-order valence-corrected chi connectivity index (χ1v) is 5.05. The highest BCUT2D eigenvalue weighted by Crippen LogP contribution is 2.24. The Hall–Kier alpha value is -0.600. The van der Waals surface area contributed by atoms with Crippen LogP contribution in [-0.2, 0) is 6.42 Å². The van der Waals surface area contributed by atoms with Crippen LogP contribution in [0.5, 0.6) is 0 Å². The van der Waals surface area contributed by atoms with Crippen LogP contribution < -0.4 is 0 Å². The summed E-state index contributed by atoms with van der Waals surface area (Å²) in [4.78, 5) is 3.90. The van der Waals surface area contributed by atoms with Gasteiger partial charge in [-0.2, -0.15) is 0 Å². The molecule has 1 aromatic heterocycles. The molecule has 0 radical (unpaired) electrons. The molecule has 0 saturated carbocycles. The molecule has 0 aromatic carbocycles. The average molecular weight is 214 g/mol. The van der Waals surface area contributed by atoms with Gasteiger partial charge in [0.1, 0.15) is 0 Å². The van der Waals surface area contributed by atoms with Crippen LogP contribution >= 0.6 is 11.6 Å². The second-order valence-electron chi connectivity index (χ2n) is 4.55. The molecule has 1 aromatic rings. The van der Waals surface area contributed by atoms with E-state index in [-0.39, 0.29) is 11.5 Å². The zero-order valence-corrected chi connectivity index (χ0v) is 9.54. The van der Waals surface area contributed by atoms with E-state index in [0.29, 0.717) is 11.4 Å². The van der Waals surface area contributed by atoms with E-state index in [1.54, 1.807) is 12.4 Å². The predicted molar refractivity (Wildman–Crippen MR) is 58.4 cm³/mol. The van der Waals surface area contributed by atoms with Crippen LogP contribution in [0.25, 0.3) is 0 Å². The Morgan fingerprint density at radius 2 is 2.14 bits per heavy atom. The van der Waals surface area contributed by atoms with Crippen LogP contribution in [0.3, 0.4) is 0 Å². The number of pyridine rings is 1. The van der Waals surface area contributed by atoms with Gasteiger partial charge in [0.25, 0.3) is 0 Å². The fourth-order valence-corrected chi connectivity index (χ4v) is 1.28. The molecule has 0 bridgehead atoms. The minimum absolute atomic E-state index is 0.118. The molecule has 3 heteroatoms. The maximum absolute atomic E-state index is 9.88. The van der Waals surface area contributed by atoms with E-state index in [4.69, 9.17) is 11.6 Å². The van der Waals surface area contributed by atoms with Gasteiger partial charge in [0.2, 0.25) is 0 Å². The summed E-state index contributed by atoms with van der Waals surface area (Å²) in [5.74, 6) is 0.